The molecular weight excluding hydrogens is 348 g/mol. The summed E-state index contributed by atoms with van der Waals surface area (Å²) in [5, 5.41) is 5.32. The summed E-state index contributed by atoms with van der Waals surface area (Å²) in [5.41, 5.74) is 11.4. The van der Waals surface area contributed by atoms with E-state index in [1.807, 2.05) is 6.07 Å². The second-order valence-corrected chi connectivity index (χ2v) is 6.27. The molecule has 0 aliphatic carbocycles. The van der Waals surface area contributed by atoms with Crippen molar-refractivity contribution in [1.82, 2.24) is 9.99 Å². The van der Waals surface area contributed by atoms with E-state index in [1.165, 1.54) is 5.57 Å². The highest BCUT2D eigenvalue weighted by molar-refractivity contribution is 9.10. The monoisotopic (exact) mass is 364 g/mol. The number of allylic oxidation sites excluding steroid dienone is 2. The first kappa shape index (κ1) is 15.7. The van der Waals surface area contributed by atoms with Gasteiger partial charge in [0.05, 0.1) is 6.21 Å². The predicted molar refractivity (Wildman–Crippen MR) is 96.6 cm³/mol. The van der Waals surface area contributed by atoms with Crippen LogP contribution >= 0.6 is 28.1 Å². The number of hydrogen-bond donors (Lipinski definition) is 2. The Kier molecular flexibility index (Phi) is 5.14. The quantitative estimate of drug-likeness (QED) is 0.377. The van der Waals surface area contributed by atoms with Gasteiger partial charge in [-0.3, -0.25) is 5.43 Å². The summed E-state index contributed by atoms with van der Waals surface area (Å²) in [6, 6.07) is 6.21. The molecule has 0 radical (unpaired) electrons. The molecule has 1 aromatic heterocycles. The fourth-order valence-corrected chi connectivity index (χ4v) is 2.41. The molecule has 0 fully saturated rings. The van der Waals surface area contributed by atoms with Gasteiger partial charge in [-0.05, 0) is 44.3 Å². The Morgan fingerprint density at radius 2 is 2.24 bits per heavy atom. The van der Waals surface area contributed by atoms with Crippen LogP contribution in [0.15, 0.2) is 45.6 Å². The molecule has 0 atom stereocenters. The standard InChI is InChI=1S/C15H17BrN4S/c1-10(2)5-6-20-9-11(8-18-19-15(17)21)13-7-12(16)3-4-14(13)20/h3-5,7-9H,6H2,1-2H3,(H3,17,19,21)/b18-8-. The molecule has 0 saturated heterocycles. The van der Waals surface area contributed by atoms with Gasteiger partial charge >= 0.3 is 0 Å². The van der Waals surface area contributed by atoms with Crippen LogP contribution in [0.5, 0.6) is 0 Å². The number of thiocarbonyl (C=S) groups is 1. The highest BCUT2D eigenvalue weighted by atomic mass is 79.9. The molecule has 1 heterocycles. The van der Waals surface area contributed by atoms with Gasteiger partial charge in [-0.2, -0.15) is 5.10 Å². The minimum Gasteiger partial charge on any atom is -0.375 e. The van der Waals surface area contributed by atoms with Crippen LogP contribution in [0.2, 0.25) is 0 Å². The van der Waals surface area contributed by atoms with E-state index in [0.717, 1.165) is 27.5 Å². The lowest BCUT2D eigenvalue weighted by Gasteiger charge is -2.01. The van der Waals surface area contributed by atoms with Gasteiger partial charge in [0.25, 0.3) is 0 Å². The maximum atomic E-state index is 5.37. The van der Waals surface area contributed by atoms with Crippen molar-refractivity contribution in [1.29, 1.82) is 0 Å². The topological polar surface area (TPSA) is 55.3 Å². The average molecular weight is 365 g/mol. The van der Waals surface area contributed by atoms with Gasteiger partial charge in [0.1, 0.15) is 0 Å². The number of nitrogens with one attached hydrogen (secondary N) is 1. The highest BCUT2D eigenvalue weighted by Crippen LogP contribution is 2.24. The average Bonchev–Trinajstić information content (AvgIpc) is 2.74. The molecule has 2 aromatic rings. The molecule has 0 saturated carbocycles. The minimum absolute atomic E-state index is 0.153. The molecule has 0 unspecified atom stereocenters. The maximum absolute atomic E-state index is 5.37. The maximum Gasteiger partial charge on any atom is 0.184 e. The number of aromatic nitrogens is 1. The van der Waals surface area contributed by atoms with Gasteiger partial charge < -0.3 is 10.3 Å². The van der Waals surface area contributed by atoms with Crippen molar-refractivity contribution in [3.8, 4) is 0 Å². The summed E-state index contributed by atoms with van der Waals surface area (Å²) in [6.07, 6.45) is 5.99. The van der Waals surface area contributed by atoms with Crippen molar-refractivity contribution < 1.29 is 0 Å². The first-order valence-corrected chi connectivity index (χ1v) is 7.68. The van der Waals surface area contributed by atoms with Gasteiger partial charge in [-0.25, -0.2) is 0 Å². The second-order valence-electron chi connectivity index (χ2n) is 4.91. The van der Waals surface area contributed by atoms with Gasteiger partial charge in [0.2, 0.25) is 0 Å². The van der Waals surface area contributed by atoms with E-state index in [4.69, 9.17) is 18.0 Å². The van der Waals surface area contributed by atoms with Gasteiger partial charge in [0.15, 0.2) is 5.11 Å². The Bertz CT molecular complexity index is 727. The zero-order chi connectivity index (χ0) is 15.4. The van der Waals surface area contributed by atoms with Crippen LogP contribution in [-0.2, 0) is 6.54 Å². The Labute approximate surface area is 137 Å². The summed E-state index contributed by atoms with van der Waals surface area (Å²) in [4.78, 5) is 0. The number of nitrogens with two attached hydrogens (primary N) is 1. The van der Waals surface area contributed by atoms with Crippen LogP contribution in [0.1, 0.15) is 19.4 Å². The van der Waals surface area contributed by atoms with Gasteiger partial charge in [-0.1, -0.05) is 27.6 Å². The summed E-state index contributed by atoms with van der Waals surface area (Å²) < 4.78 is 3.23. The van der Waals surface area contributed by atoms with E-state index < -0.39 is 0 Å². The summed E-state index contributed by atoms with van der Waals surface area (Å²) in [7, 11) is 0. The number of nitrogens with zero attached hydrogens (tertiary/aromatic N) is 2. The van der Waals surface area contributed by atoms with Crippen LogP contribution in [0, 0.1) is 0 Å². The Morgan fingerprint density at radius 3 is 2.90 bits per heavy atom. The van der Waals surface area contributed by atoms with Crippen LogP contribution in [0.25, 0.3) is 10.9 Å². The third-order valence-electron chi connectivity index (χ3n) is 2.95. The molecule has 6 heteroatoms. The van der Waals surface area contributed by atoms with E-state index in [1.54, 1.807) is 6.21 Å². The van der Waals surface area contributed by atoms with Crippen LogP contribution in [0.4, 0.5) is 0 Å². The molecule has 3 N–H and O–H groups in total. The van der Waals surface area contributed by atoms with E-state index >= 15 is 0 Å². The zero-order valence-electron chi connectivity index (χ0n) is 11.9. The second kappa shape index (κ2) is 6.87. The van der Waals surface area contributed by atoms with Crippen molar-refractivity contribution in [3.63, 3.8) is 0 Å². The Balaban J connectivity index is 2.44. The number of rotatable bonds is 4. The van der Waals surface area contributed by atoms with E-state index in [2.05, 4.69) is 69.3 Å². The first-order chi connectivity index (χ1) is 9.97. The molecule has 0 aliphatic rings. The minimum atomic E-state index is 0.153. The predicted octanol–water partition coefficient (Wildman–Crippen LogP) is 3.54. The third kappa shape index (κ3) is 4.15. The number of halogens is 1. The van der Waals surface area contributed by atoms with Crippen LogP contribution in [-0.4, -0.2) is 15.9 Å². The summed E-state index contributed by atoms with van der Waals surface area (Å²) >= 11 is 8.24. The molecule has 0 spiro atoms. The lowest BCUT2D eigenvalue weighted by Crippen LogP contribution is -2.23. The van der Waals surface area contributed by atoms with Crippen LogP contribution in [0.3, 0.4) is 0 Å². The van der Waals surface area contributed by atoms with Crippen LogP contribution < -0.4 is 11.2 Å². The lowest BCUT2D eigenvalue weighted by molar-refractivity contribution is 0.855. The normalized spacial score (nSPS) is 11.0. The molecule has 4 nitrogen and oxygen atoms in total. The highest BCUT2D eigenvalue weighted by Gasteiger charge is 2.07. The van der Waals surface area contributed by atoms with E-state index in [0.29, 0.717) is 0 Å². The summed E-state index contributed by atoms with van der Waals surface area (Å²) in [6.45, 7) is 5.02. The van der Waals surface area contributed by atoms with Crippen molar-refractivity contribution in [3.05, 3.63) is 46.1 Å². The number of fused-ring (bicyclic) bond motifs is 1. The molecule has 0 amide bonds. The molecule has 0 bridgehead atoms. The van der Waals surface area contributed by atoms with E-state index in [-0.39, 0.29) is 5.11 Å². The number of hydrogen-bond acceptors (Lipinski definition) is 2. The molecule has 2 rings (SSSR count). The smallest absolute Gasteiger partial charge is 0.184 e. The van der Waals surface area contributed by atoms with Crippen molar-refractivity contribution >= 4 is 50.4 Å². The largest absolute Gasteiger partial charge is 0.375 e. The number of benzene rings is 1. The SMILES string of the molecule is CC(C)=CCn1cc(/C=N\NC(N)=S)c2cc(Br)ccc21. The Hall–Kier alpha value is -1.66. The fraction of sp³-hybridized carbons (Fsp3) is 0.200. The zero-order valence-corrected chi connectivity index (χ0v) is 14.3. The first-order valence-electron chi connectivity index (χ1n) is 6.47. The molecule has 0 aliphatic heterocycles. The molecular formula is C15H17BrN4S. The lowest BCUT2D eigenvalue weighted by atomic mass is 10.2. The van der Waals surface area contributed by atoms with E-state index in [9.17, 15) is 0 Å². The number of hydrazone groups is 1. The van der Waals surface area contributed by atoms with Crippen molar-refractivity contribution in [2.24, 2.45) is 10.8 Å². The van der Waals surface area contributed by atoms with Gasteiger partial charge in [-0.15, -0.1) is 0 Å². The summed E-state index contributed by atoms with van der Waals surface area (Å²) in [5.74, 6) is 0. The Morgan fingerprint density at radius 1 is 1.48 bits per heavy atom. The molecule has 1 aromatic carbocycles. The third-order valence-corrected chi connectivity index (χ3v) is 3.53. The van der Waals surface area contributed by atoms with Crippen molar-refractivity contribution in [2.75, 3.05) is 0 Å². The fourth-order valence-electron chi connectivity index (χ4n) is 2.00. The van der Waals surface area contributed by atoms with Crippen molar-refractivity contribution in [2.45, 2.75) is 20.4 Å². The van der Waals surface area contributed by atoms with Gasteiger partial charge in [0, 0.05) is 33.7 Å². The molecule has 21 heavy (non-hydrogen) atoms. The molecule has 110 valence electrons.